The van der Waals surface area contributed by atoms with Crippen LogP contribution in [0.1, 0.15) is 24.5 Å². The number of hydrogen-bond donors (Lipinski definition) is 2. The van der Waals surface area contributed by atoms with Gasteiger partial charge >= 0.3 is 0 Å². The highest BCUT2D eigenvalue weighted by Crippen LogP contribution is 2.34. The highest BCUT2D eigenvalue weighted by Gasteiger charge is 2.26. The van der Waals surface area contributed by atoms with E-state index in [1.54, 1.807) is 0 Å². The predicted octanol–water partition coefficient (Wildman–Crippen LogP) is 2.83. The van der Waals surface area contributed by atoms with Gasteiger partial charge in [0.05, 0.1) is 6.20 Å². The SMILES string of the molecule is Nc1cc(N2CCCC(c3[nH]ncc3-c3ccccc3)C2)ncn1. The number of rotatable bonds is 3. The first-order valence-electron chi connectivity index (χ1n) is 8.22. The van der Waals surface area contributed by atoms with Crippen LogP contribution < -0.4 is 10.6 Å². The molecule has 1 unspecified atom stereocenters. The molecule has 6 heteroatoms. The summed E-state index contributed by atoms with van der Waals surface area (Å²) < 4.78 is 0. The molecule has 1 aliphatic heterocycles. The van der Waals surface area contributed by atoms with Crippen LogP contribution in [-0.4, -0.2) is 33.3 Å². The van der Waals surface area contributed by atoms with Crippen molar-refractivity contribution >= 4 is 11.6 Å². The van der Waals surface area contributed by atoms with Gasteiger partial charge in [0.15, 0.2) is 0 Å². The molecule has 1 fully saturated rings. The summed E-state index contributed by atoms with van der Waals surface area (Å²) in [7, 11) is 0. The Hall–Kier alpha value is -2.89. The molecule has 0 aliphatic carbocycles. The van der Waals surface area contributed by atoms with Crippen molar-refractivity contribution in [2.45, 2.75) is 18.8 Å². The summed E-state index contributed by atoms with van der Waals surface area (Å²) in [5.74, 6) is 1.80. The Morgan fingerprint density at radius 3 is 2.88 bits per heavy atom. The number of nitrogens with one attached hydrogen (secondary N) is 1. The highest BCUT2D eigenvalue weighted by atomic mass is 15.2. The highest BCUT2D eigenvalue weighted by molar-refractivity contribution is 5.66. The van der Waals surface area contributed by atoms with Crippen molar-refractivity contribution in [1.29, 1.82) is 0 Å². The lowest BCUT2D eigenvalue weighted by Gasteiger charge is -2.33. The van der Waals surface area contributed by atoms with Crippen LogP contribution in [-0.2, 0) is 0 Å². The zero-order chi connectivity index (χ0) is 16.4. The van der Waals surface area contributed by atoms with E-state index < -0.39 is 0 Å². The number of nitrogen functional groups attached to an aromatic ring is 1. The van der Waals surface area contributed by atoms with Gasteiger partial charge in [-0.15, -0.1) is 0 Å². The summed E-state index contributed by atoms with van der Waals surface area (Å²) in [5.41, 5.74) is 9.39. The van der Waals surface area contributed by atoms with Gasteiger partial charge < -0.3 is 10.6 Å². The van der Waals surface area contributed by atoms with Crippen molar-refractivity contribution in [1.82, 2.24) is 20.2 Å². The van der Waals surface area contributed by atoms with Crippen LogP contribution in [0.2, 0.25) is 0 Å². The summed E-state index contributed by atoms with van der Waals surface area (Å²) in [6, 6.07) is 12.2. The maximum Gasteiger partial charge on any atom is 0.134 e. The van der Waals surface area contributed by atoms with Gasteiger partial charge in [-0.25, -0.2) is 9.97 Å². The van der Waals surface area contributed by atoms with Crippen molar-refractivity contribution in [3.63, 3.8) is 0 Å². The van der Waals surface area contributed by atoms with Crippen LogP contribution in [0.15, 0.2) is 48.9 Å². The fraction of sp³-hybridized carbons (Fsp3) is 0.278. The van der Waals surface area contributed by atoms with E-state index in [-0.39, 0.29) is 0 Å². The second-order valence-electron chi connectivity index (χ2n) is 6.15. The van der Waals surface area contributed by atoms with Gasteiger partial charge in [0.25, 0.3) is 0 Å². The lowest BCUT2D eigenvalue weighted by Crippen LogP contribution is -2.35. The van der Waals surface area contributed by atoms with Gasteiger partial charge in [0.1, 0.15) is 18.0 Å². The first-order chi connectivity index (χ1) is 11.8. The van der Waals surface area contributed by atoms with E-state index in [1.165, 1.54) is 23.1 Å². The number of nitrogens with two attached hydrogens (primary N) is 1. The number of hydrogen-bond acceptors (Lipinski definition) is 5. The molecule has 3 aromatic rings. The molecule has 1 aromatic carbocycles. The third-order valence-electron chi connectivity index (χ3n) is 4.58. The van der Waals surface area contributed by atoms with Crippen LogP contribution in [0, 0.1) is 0 Å². The minimum Gasteiger partial charge on any atom is -0.384 e. The molecular weight excluding hydrogens is 300 g/mol. The molecule has 3 heterocycles. The Morgan fingerprint density at radius 2 is 2.04 bits per heavy atom. The van der Waals surface area contributed by atoms with E-state index in [0.717, 1.165) is 31.7 Å². The monoisotopic (exact) mass is 320 g/mol. The van der Waals surface area contributed by atoms with Crippen molar-refractivity contribution < 1.29 is 0 Å². The molecule has 0 bridgehead atoms. The molecule has 0 saturated carbocycles. The average Bonchev–Trinajstić information content (AvgIpc) is 3.12. The third-order valence-corrected chi connectivity index (χ3v) is 4.58. The molecule has 6 nitrogen and oxygen atoms in total. The van der Waals surface area contributed by atoms with E-state index in [2.05, 4.69) is 49.3 Å². The summed E-state index contributed by atoms with van der Waals surface area (Å²) in [4.78, 5) is 10.6. The largest absolute Gasteiger partial charge is 0.384 e. The molecule has 2 aromatic heterocycles. The smallest absolute Gasteiger partial charge is 0.134 e. The average molecular weight is 320 g/mol. The van der Waals surface area contributed by atoms with E-state index in [4.69, 9.17) is 5.73 Å². The topological polar surface area (TPSA) is 83.7 Å². The van der Waals surface area contributed by atoms with Crippen molar-refractivity contribution in [2.75, 3.05) is 23.7 Å². The number of H-pyrrole nitrogens is 1. The normalized spacial score (nSPS) is 17.8. The van der Waals surface area contributed by atoms with Gasteiger partial charge in [-0.3, -0.25) is 5.10 Å². The van der Waals surface area contributed by atoms with Crippen molar-refractivity contribution in [2.24, 2.45) is 0 Å². The van der Waals surface area contributed by atoms with Gasteiger partial charge in [-0.05, 0) is 18.4 Å². The number of nitrogens with zero attached hydrogens (tertiary/aromatic N) is 4. The Labute approximate surface area is 140 Å². The molecule has 0 radical (unpaired) electrons. The maximum absolute atomic E-state index is 5.80. The lowest BCUT2D eigenvalue weighted by molar-refractivity contribution is 0.498. The predicted molar refractivity (Wildman–Crippen MR) is 94.7 cm³/mol. The molecule has 4 rings (SSSR count). The van der Waals surface area contributed by atoms with E-state index >= 15 is 0 Å². The Kier molecular flexibility index (Phi) is 3.86. The standard InChI is InChI=1S/C18H20N6/c19-16-9-17(21-12-20-16)24-8-4-7-14(11-24)18-15(10-22-23-18)13-5-2-1-3-6-13/h1-3,5-6,9-10,12,14H,4,7-8,11H2,(H,22,23)(H2,19,20,21). The van der Waals surface area contributed by atoms with Crippen molar-refractivity contribution in [3.8, 4) is 11.1 Å². The third kappa shape index (κ3) is 2.82. The minimum atomic E-state index is 0.396. The second kappa shape index (κ2) is 6.31. The molecule has 0 spiro atoms. The van der Waals surface area contributed by atoms with Crippen LogP contribution in [0.4, 0.5) is 11.6 Å². The number of aromatic amines is 1. The van der Waals surface area contributed by atoms with Crippen LogP contribution >= 0.6 is 0 Å². The first-order valence-corrected chi connectivity index (χ1v) is 8.22. The number of aromatic nitrogens is 4. The molecule has 122 valence electrons. The van der Waals surface area contributed by atoms with Crippen LogP contribution in [0.3, 0.4) is 0 Å². The van der Waals surface area contributed by atoms with Gasteiger partial charge in [0.2, 0.25) is 0 Å². The van der Waals surface area contributed by atoms with Gasteiger partial charge in [-0.2, -0.15) is 5.10 Å². The van der Waals surface area contributed by atoms with E-state index in [1.807, 2.05) is 18.3 Å². The molecule has 3 N–H and O–H groups in total. The molecule has 24 heavy (non-hydrogen) atoms. The van der Waals surface area contributed by atoms with Gasteiger partial charge in [0, 0.05) is 36.3 Å². The molecule has 1 atom stereocenters. The fourth-order valence-electron chi connectivity index (χ4n) is 3.41. The molecular formula is C18H20N6. The van der Waals surface area contributed by atoms with E-state index in [9.17, 15) is 0 Å². The maximum atomic E-state index is 5.80. The zero-order valence-electron chi connectivity index (χ0n) is 13.4. The number of benzene rings is 1. The summed E-state index contributed by atoms with van der Waals surface area (Å²) in [5, 5.41) is 7.52. The van der Waals surface area contributed by atoms with Gasteiger partial charge in [-0.1, -0.05) is 30.3 Å². The fourth-order valence-corrected chi connectivity index (χ4v) is 3.41. The van der Waals surface area contributed by atoms with Crippen LogP contribution in [0.25, 0.3) is 11.1 Å². The zero-order valence-corrected chi connectivity index (χ0v) is 13.4. The second-order valence-corrected chi connectivity index (χ2v) is 6.15. The molecule has 0 amide bonds. The Bertz CT molecular complexity index is 813. The number of piperidine rings is 1. The van der Waals surface area contributed by atoms with E-state index in [0.29, 0.717) is 11.7 Å². The first kappa shape index (κ1) is 14.7. The minimum absolute atomic E-state index is 0.396. The molecule has 1 aliphatic rings. The summed E-state index contributed by atoms with van der Waals surface area (Å²) in [6.07, 6.45) is 5.70. The summed E-state index contributed by atoms with van der Waals surface area (Å²) in [6.45, 7) is 1.89. The Balaban J connectivity index is 1.60. The lowest BCUT2D eigenvalue weighted by atomic mass is 9.90. The Morgan fingerprint density at radius 1 is 1.17 bits per heavy atom. The molecule has 1 saturated heterocycles. The quantitative estimate of drug-likeness (QED) is 0.775. The summed E-state index contributed by atoms with van der Waals surface area (Å²) >= 11 is 0. The number of anilines is 2. The van der Waals surface area contributed by atoms with Crippen LogP contribution in [0.5, 0.6) is 0 Å². The van der Waals surface area contributed by atoms with Crippen molar-refractivity contribution in [3.05, 3.63) is 54.6 Å².